The number of primary amides is 1. The summed E-state index contributed by atoms with van der Waals surface area (Å²) in [6.07, 6.45) is 6.95. The maximum atomic E-state index is 14.2. The zero-order valence-corrected chi connectivity index (χ0v) is 25.7. The highest BCUT2D eigenvalue weighted by Gasteiger charge is 2.60. The molecule has 2 saturated carbocycles. The van der Waals surface area contributed by atoms with E-state index >= 15 is 0 Å². The number of nitrogens with zero attached hydrogens (tertiary/aromatic N) is 3. The summed E-state index contributed by atoms with van der Waals surface area (Å²) < 4.78 is 26.2. The Balaban J connectivity index is 1.35. The van der Waals surface area contributed by atoms with Crippen molar-refractivity contribution >= 4 is 28.6 Å². The monoisotopic (exact) mass is 615 g/mol. The molecule has 3 amide bonds. The van der Waals surface area contributed by atoms with Gasteiger partial charge in [-0.2, -0.15) is 4.98 Å². The predicted molar refractivity (Wildman–Crippen MR) is 166 cm³/mol. The summed E-state index contributed by atoms with van der Waals surface area (Å²) in [5.74, 6) is -1.90. The fourth-order valence-corrected chi connectivity index (χ4v) is 6.75. The van der Waals surface area contributed by atoms with Gasteiger partial charge in [0.05, 0.1) is 29.8 Å². The van der Waals surface area contributed by atoms with E-state index in [2.05, 4.69) is 5.32 Å². The molecule has 45 heavy (non-hydrogen) atoms. The molecule has 1 aliphatic heterocycles. The number of nitrogens with one attached hydrogen (secondary N) is 1. The topological polar surface area (TPSA) is 137 Å². The van der Waals surface area contributed by atoms with E-state index in [1.165, 1.54) is 12.1 Å². The normalized spacial score (nSPS) is 26.9. The van der Waals surface area contributed by atoms with Crippen molar-refractivity contribution in [1.82, 2.24) is 20.2 Å². The van der Waals surface area contributed by atoms with Gasteiger partial charge in [0, 0.05) is 30.6 Å². The van der Waals surface area contributed by atoms with Gasteiger partial charge in [0.2, 0.25) is 23.6 Å². The maximum Gasteiger partial charge on any atom is 0.243 e. The molecule has 3 aromatic rings. The number of aromatic nitrogens is 2. The van der Waals surface area contributed by atoms with E-state index in [-0.39, 0.29) is 42.3 Å². The Kier molecular flexibility index (Phi) is 8.20. The standard InChI is InChI=1S/C34H38FN5O5/c1-19-27(44-3)13-12-24-28(19)37-29(20-9-8-11-22(35)15-20)38-31(24)45-23-16-25-26(17-23)32(42)40(2)14-7-5-4-6-10-21-18-34(21,33(36)43)39-30(25)41/h6,8-13,15,21,23,25-26H,4-5,7,14,16-18H2,1-3H3,(H2,36,43)(H,39,41). The molecule has 2 aliphatic carbocycles. The van der Waals surface area contributed by atoms with Crippen LogP contribution in [0.15, 0.2) is 48.6 Å². The van der Waals surface area contributed by atoms with Crippen LogP contribution in [-0.4, -0.2) is 64.9 Å². The minimum absolute atomic E-state index is 0.136. The number of hydrogen-bond acceptors (Lipinski definition) is 7. The average molecular weight is 616 g/mol. The average Bonchev–Trinajstić information content (AvgIpc) is 3.56. The summed E-state index contributed by atoms with van der Waals surface area (Å²) in [7, 11) is 3.33. The van der Waals surface area contributed by atoms with Crippen molar-refractivity contribution in [1.29, 1.82) is 0 Å². The van der Waals surface area contributed by atoms with Crippen molar-refractivity contribution in [3.63, 3.8) is 0 Å². The Morgan fingerprint density at radius 1 is 1.13 bits per heavy atom. The Morgan fingerprint density at radius 3 is 2.69 bits per heavy atom. The number of amides is 3. The quantitative estimate of drug-likeness (QED) is 0.413. The van der Waals surface area contributed by atoms with Crippen LogP contribution in [0, 0.1) is 30.5 Å². The van der Waals surface area contributed by atoms with Crippen LogP contribution in [0.3, 0.4) is 0 Å². The summed E-state index contributed by atoms with van der Waals surface area (Å²) in [4.78, 5) is 51.2. The van der Waals surface area contributed by atoms with Gasteiger partial charge in [0.25, 0.3) is 0 Å². The number of fused-ring (bicyclic) bond motifs is 3. The first-order valence-electron chi connectivity index (χ1n) is 15.4. The van der Waals surface area contributed by atoms with E-state index in [4.69, 9.17) is 25.2 Å². The minimum atomic E-state index is -1.14. The lowest BCUT2D eigenvalue weighted by Crippen LogP contribution is -2.51. The first-order chi connectivity index (χ1) is 21.6. The molecule has 11 heteroatoms. The molecule has 1 aromatic heterocycles. The number of allylic oxidation sites excluding steroid dienone is 1. The lowest BCUT2D eigenvalue weighted by molar-refractivity contribution is -0.140. The lowest BCUT2D eigenvalue weighted by Gasteiger charge is -2.26. The molecule has 5 atom stereocenters. The summed E-state index contributed by atoms with van der Waals surface area (Å²) >= 11 is 0. The molecular formula is C34H38FN5O5. The Hall–Kier alpha value is -4.54. The molecule has 2 heterocycles. The second-order valence-electron chi connectivity index (χ2n) is 12.4. The highest BCUT2D eigenvalue weighted by molar-refractivity contribution is 5.96. The highest BCUT2D eigenvalue weighted by Crippen LogP contribution is 2.46. The highest BCUT2D eigenvalue weighted by atomic mass is 19.1. The van der Waals surface area contributed by atoms with E-state index in [0.29, 0.717) is 35.2 Å². The third kappa shape index (κ3) is 5.83. The molecule has 2 fully saturated rings. The molecular weight excluding hydrogens is 577 g/mol. The van der Waals surface area contributed by atoms with Crippen LogP contribution in [0.2, 0.25) is 0 Å². The molecule has 0 bridgehead atoms. The molecule has 2 aromatic carbocycles. The van der Waals surface area contributed by atoms with Gasteiger partial charge >= 0.3 is 0 Å². The van der Waals surface area contributed by atoms with Gasteiger partial charge in [-0.3, -0.25) is 14.4 Å². The Labute approximate surface area is 261 Å². The number of ether oxygens (including phenoxy) is 2. The van der Waals surface area contributed by atoms with Gasteiger partial charge in [0.1, 0.15) is 23.2 Å². The van der Waals surface area contributed by atoms with Gasteiger partial charge in [0.15, 0.2) is 5.82 Å². The van der Waals surface area contributed by atoms with Gasteiger partial charge in [-0.25, -0.2) is 9.37 Å². The van der Waals surface area contributed by atoms with Crippen molar-refractivity contribution in [2.75, 3.05) is 20.7 Å². The number of carbonyl (C=O) groups is 3. The first kappa shape index (κ1) is 30.5. The van der Waals surface area contributed by atoms with E-state index in [1.807, 2.05) is 19.1 Å². The molecule has 0 saturated heterocycles. The van der Waals surface area contributed by atoms with E-state index in [0.717, 1.165) is 24.8 Å². The summed E-state index contributed by atoms with van der Waals surface area (Å²) in [6, 6.07) is 9.62. The zero-order valence-electron chi connectivity index (χ0n) is 25.7. The van der Waals surface area contributed by atoms with Gasteiger partial charge < -0.3 is 25.4 Å². The molecule has 10 nitrogen and oxygen atoms in total. The number of halogens is 1. The van der Waals surface area contributed by atoms with E-state index in [1.54, 1.807) is 43.3 Å². The molecule has 0 spiro atoms. The lowest BCUT2D eigenvalue weighted by atomic mass is 9.93. The Bertz CT molecular complexity index is 1690. The second kappa shape index (κ2) is 12.1. The second-order valence-corrected chi connectivity index (χ2v) is 12.4. The predicted octanol–water partition coefficient (Wildman–Crippen LogP) is 4.09. The number of hydrogen-bond donors (Lipinski definition) is 2. The summed E-state index contributed by atoms with van der Waals surface area (Å²) in [6.45, 7) is 2.45. The van der Waals surface area contributed by atoms with Crippen LogP contribution in [0.1, 0.15) is 44.1 Å². The SMILES string of the molecule is COc1ccc2c(OC3CC4C(=O)NC5(C(N)=O)CC5C=CCCCCN(C)C(=O)C4C3)nc(-c3cccc(F)c3)nc2c1C. The van der Waals surface area contributed by atoms with Crippen LogP contribution in [0.5, 0.6) is 11.6 Å². The summed E-state index contributed by atoms with van der Waals surface area (Å²) in [5, 5.41) is 3.56. The third-order valence-corrected chi connectivity index (χ3v) is 9.45. The summed E-state index contributed by atoms with van der Waals surface area (Å²) in [5.41, 5.74) is 6.46. The van der Waals surface area contributed by atoms with Gasteiger partial charge in [-0.15, -0.1) is 0 Å². The fraction of sp³-hybridized carbons (Fsp3) is 0.441. The smallest absolute Gasteiger partial charge is 0.243 e. The number of nitrogens with two attached hydrogens (primary N) is 1. The van der Waals surface area contributed by atoms with Crippen LogP contribution in [0.25, 0.3) is 22.3 Å². The molecule has 0 radical (unpaired) electrons. The Morgan fingerprint density at radius 2 is 1.93 bits per heavy atom. The van der Waals surface area contributed by atoms with Crippen LogP contribution in [-0.2, 0) is 14.4 Å². The zero-order chi connectivity index (χ0) is 31.9. The van der Waals surface area contributed by atoms with Crippen molar-refractivity contribution < 1.29 is 28.2 Å². The van der Waals surface area contributed by atoms with E-state index < -0.39 is 35.2 Å². The number of methoxy groups -OCH3 is 1. The number of aryl methyl sites for hydroxylation is 1. The molecule has 236 valence electrons. The molecule has 6 rings (SSSR count). The van der Waals surface area contributed by atoms with Crippen molar-refractivity contribution in [3.05, 3.63) is 59.9 Å². The van der Waals surface area contributed by atoms with Crippen molar-refractivity contribution in [2.45, 2.75) is 57.1 Å². The minimum Gasteiger partial charge on any atom is -0.496 e. The van der Waals surface area contributed by atoms with Crippen molar-refractivity contribution in [3.8, 4) is 23.0 Å². The van der Waals surface area contributed by atoms with Crippen LogP contribution in [0.4, 0.5) is 4.39 Å². The fourth-order valence-electron chi connectivity index (χ4n) is 6.75. The number of rotatable bonds is 5. The largest absolute Gasteiger partial charge is 0.496 e. The first-order valence-corrected chi connectivity index (χ1v) is 15.4. The number of carbonyl (C=O) groups excluding carboxylic acids is 3. The van der Waals surface area contributed by atoms with Crippen molar-refractivity contribution in [2.24, 2.45) is 23.5 Å². The van der Waals surface area contributed by atoms with Crippen LogP contribution < -0.4 is 20.5 Å². The molecule has 5 unspecified atom stereocenters. The van der Waals surface area contributed by atoms with Crippen LogP contribution >= 0.6 is 0 Å². The number of benzene rings is 2. The third-order valence-electron chi connectivity index (χ3n) is 9.45. The van der Waals surface area contributed by atoms with Gasteiger partial charge in [-0.05, 0) is 69.7 Å². The maximum absolute atomic E-state index is 14.2. The van der Waals surface area contributed by atoms with Gasteiger partial charge in [-0.1, -0.05) is 24.3 Å². The molecule has 3 N–H and O–H groups in total. The molecule has 3 aliphatic rings. The van der Waals surface area contributed by atoms with E-state index in [9.17, 15) is 18.8 Å².